The number of para-hydroxylation sites is 1. The largest absolute Gasteiger partial charge is 0.310 e. The summed E-state index contributed by atoms with van der Waals surface area (Å²) < 4.78 is 2.05. The van der Waals surface area contributed by atoms with Crippen molar-refractivity contribution in [3.8, 4) is 0 Å². The van der Waals surface area contributed by atoms with Gasteiger partial charge in [-0.25, -0.2) is 9.97 Å². The molecule has 3 aromatic rings. The van der Waals surface area contributed by atoms with E-state index in [1.54, 1.807) is 23.6 Å². The molecule has 6 heteroatoms. The summed E-state index contributed by atoms with van der Waals surface area (Å²) in [5, 5.41) is 2.78. The maximum atomic E-state index is 11.9. The van der Waals surface area contributed by atoms with Crippen LogP contribution < -0.4 is 5.32 Å². The number of carbonyl (C=O) groups is 1. The Morgan fingerprint density at radius 3 is 2.90 bits per heavy atom. The van der Waals surface area contributed by atoms with Gasteiger partial charge in [-0.3, -0.25) is 4.79 Å². The highest BCUT2D eigenvalue weighted by atomic mass is 32.2. The van der Waals surface area contributed by atoms with Crippen LogP contribution in [0.4, 0.5) is 5.82 Å². The highest BCUT2D eigenvalue weighted by Crippen LogP contribution is 2.29. The lowest BCUT2D eigenvalue weighted by Gasteiger charge is -2.03. The van der Waals surface area contributed by atoms with Gasteiger partial charge in [-0.05, 0) is 30.7 Å². The number of aryl methyl sites for hydroxylation is 1. The highest BCUT2D eigenvalue weighted by Gasteiger charge is 2.08. The van der Waals surface area contributed by atoms with Gasteiger partial charge < -0.3 is 5.32 Å². The average molecular weight is 315 g/mol. The number of nitrogens with zero attached hydrogens (tertiary/aromatic N) is 2. The van der Waals surface area contributed by atoms with E-state index in [1.807, 2.05) is 37.3 Å². The number of hydrogen-bond acceptors (Lipinski definition) is 5. The number of hydrogen-bond donors (Lipinski definition) is 1. The normalized spacial score (nSPS) is 10.7. The Bertz CT molecular complexity index is 735. The molecule has 2 heterocycles. The smallest absolute Gasteiger partial charge is 0.235 e. The van der Waals surface area contributed by atoms with E-state index in [2.05, 4.69) is 15.3 Å². The Labute approximate surface area is 130 Å². The SMILES string of the molecule is Cc1ccc(NC(=O)CSc2nc3ccccc3s2)nc1. The first-order valence-corrected chi connectivity index (χ1v) is 8.22. The number of nitrogens with one attached hydrogen (secondary N) is 1. The van der Waals surface area contributed by atoms with E-state index < -0.39 is 0 Å². The number of amides is 1. The van der Waals surface area contributed by atoms with Crippen molar-refractivity contribution in [2.45, 2.75) is 11.3 Å². The summed E-state index contributed by atoms with van der Waals surface area (Å²) in [6.07, 6.45) is 1.73. The summed E-state index contributed by atoms with van der Waals surface area (Å²) in [7, 11) is 0. The molecule has 1 N–H and O–H groups in total. The Hall–Kier alpha value is -1.92. The van der Waals surface area contributed by atoms with Gasteiger partial charge in [0.2, 0.25) is 5.91 Å². The number of fused-ring (bicyclic) bond motifs is 1. The number of anilines is 1. The summed E-state index contributed by atoms with van der Waals surface area (Å²) >= 11 is 3.05. The van der Waals surface area contributed by atoms with Gasteiger partial charge in [0.15, 0.2) is 4.34 Å². The summed E-state index contributed by atoms with van der Waals surface area (Å²) in [5.74, 6) is 0.834. The molecule has 1 amide bonds. The van der Waals surface area contributed by atoms with Crippen molar-refractivity contribution in [2.75, 3.05) is 11.1 Å². The predicted molar refractivity (Wildman–Crippen MR) is 87.9 cm³/mol. The van der Waals surface area contributed by atoms with Crippen molar-refractivity contribution in [2.24, 2.45) is 0 Å². The van der Waals surface area contributed by atoms with Crippen LogP contribution in [0.25, 0.3) is 10.2 Å². The maximum Gasteiger partial charge on any atom is 0.235 e. The molecule has 21 heavy (non-hydrogen) atoms. The molecule has 0 saturated carbocycles. The summed E-state index contributed by atoms with van der Waals surface area (Å²) in [6, 6.07) is 11.7. The lowest BCUT2D eigenvalue weighted by atomic mass is 10.3. The lowest BCUT2D eigenvalue weighted by molar-refractivity contribution is -0.113. The molecule has 0 saturated heterocycles. The van der Waals surface area contributed by atoms with E-state index in [0.29, 0.717) is 11.6 Å². The first-order chi connectivity index (χ1) is 10.2. The number of aromatic nitrogens is 2. The third kappa shape index (κ3) is 3.59. The Morgan fingerprint density at radius 2 is 2.14 bits per heavy atom. The number of thioether (sulfide) groups is 1. The van der Waals surface area contributed by atoms with Crippen LogP contribution in [0.3, 0.4) is 0 Å². The second-order valence-corrected chi connectivity index (χ2v) is 6.76. The predicted octanol–water partition coefficient (Wildman–Crippen LogP) is 3.73. The van der Waals surface area contributed by atoms with Crippen molar-refractivity contribution in [3.63, 3.8) is 0 Å². The molecule has 0 aliphatic rings. The van der Waals surface area contributed by atoms with E-state index >= 15 is 0 Å². The van der Waals surface area contributed by atoms with Crippen LogP contribution >= 0.6 is 23.1 Å². The number of rotatable bonds is 4. The molecule has 2 aromatic heterocycles. The number of pyridine rings is 1. The van der Waals surface area contributed by atoms with Gasteiger partial charge >= 0.3 is 0 Å². The second kappa shape index (κ2) is 6.24. The molecule has 0 unspecified atom stereocenters. The minimum atomic E-state index is -0.0735. The summed E-state index contributed by atoms with van der Waals surface area (Å²) in [4.78, 5) is 20.5. The Morgan fingerprint density at radius 1 is 1.29 bits per heavy atom. The molecular formula is C15H13N3OS2. The molecule has 1 aromatic carbocycles. The molecule has 4 nitrogen and oxygen atoms in total. The van der Waals surface area contributed by atoms with Crippen LogP contribution in [0.15, 0.2) is 46.9 Å². The fourth-order valence-electron chi connectivity index (χ4n) is 1.76. The van der Waals surface area contributed by atoms with Crippen LogP contribution in [-0.2, 0) is 4.79 Å². The molecule has 106 valence electrons. The zero-order valence-electron chi connectivity index (χ0n) is 11.4. The van der Waals surface area contributed by atoms with E-state index in [1.165, 1.54) is 11.8 Å². The monoisotopic (exact) mass is 315 g/mol. The molecule has 0 radical (unpaired) electrons. The zero-order chi connectivity index (χ0) is 14.7. The average Bonchev–Trinajstić information content (AvgIpc) is 2.90. The maximum absolute atomic E-state index is 11.9. The minimum Gasteiger partial charge on any atom is -0.310 e. The van der Waals surface area contributed by atoms with E-state index in [0.717, 1.165) is 20.1 Å². The first-order valence-electron chi connectivity index (χ1n) is 6.41. The van der Waals surface area contributed by atoms with Crippen LogP contribution in [-0.4, -0.2) is 21.6 Å². The quantitative estimate of drug-likeness (QED) is 0.745. The molecule has 0 spiro atoms. The van der Waals surface area contributed by atoms with Gasteiger partial charge in [0.05, 0.1) is 16.0 Å². The van der Waals surface area contributed by atoms with E-state index in [-0.39, 0.29) is 5.91 Å². The molecule has 0 aliphatic carbocycles. The fourth-order valence-corrected chi connectivity index (χ4v) is 3.63. The Kier molecular flexibility index (Phi) is 4.17. The standard InChI is InChI=1S/C15H13N3OS2/c1-10-6-7-13(16-8-10)18-14(19)9-20-15-17-11-4-2-3-5-12(11)21-15/h2-8H,9H2,1H3,(H,16,18,19). The van der Waals surface area contributed by atoms with E-state index in [9.17, 15) is 4.79 Å². The number of thiazole rings is 1. The van der Waals surface area contributed by atoms with Crippen LogP contribution in [0.2, 0.25) is 0 Å². The van der Waals surface area contributed by atoms with Crippen LogP contribution in [0.1, 0.15) is 5.56 Å². The lowest BCUT2D eigenvalue weighted by Crippen LogP contribution is -2.14. The van der Waals surface area contributed by atoms with E-state index in [4.69, 9.17) is 0 Å². The summed E-state index contributed by atoms with van der Waals surface area (Å²) in [6.45, 7) is 1.96. The molecule has 0 aliphatic heterocycles. The molecule has 0 atom stereocenters. The van der Waals surface area contributed by atoms with Crippen molar-refractivity contribution < 1.29 is 4.79 Å². The molecule has 0 bridgehead atoms. The van der Waals surface area contributed by atoms with Crippen molar-refractivity contribution in [1.29, 1.82) is 0 Å². The molecule has 3 rings (SSSR count). The van der Waals surface area contributed by atoms with Gasteiger partial charge in [0.25, 0.3) is 0 Å². The van der Waals surface area contributed by atoms with Crippen molar-refractivity contribution in [1.82, 2.24) is 9.97 Å². The topological polar surface area (TPSA) is 54.9 Å². The number of benzene rings is 1. The third-order valence-corrected chi connectivity index (χ3v) is 4.96. The Balaban J connectivity index is 1.59. The van der Waals surface area contributed by atoms with Crippen LogP contribution in [0, 0.1) is 6.92 Å². The van der Waals surface area contributed by atoms with Gasteiger partial charge in [0.1, 0.15) is 5.82 Å². The van der Waals surface area contributed by atoms with Gasteiger partial charge in [0, 0.05) is 6.20 Å². The van der Waals surface area contributed by atoms with Crippen molar-refractivity contribution >= 4 is 45.0 Å². The van der Waals surface area contributed by atoms with Gasteiger partial charge in [-0.2, -0.15) is 0 Å². The van der Waals surface area contributed by atoms with Crippen LogP contribution in [0.5, 0.6) is 0 Å². The molecular weight excluding hydrogens is 302 g/mol. The fraction of sp³-hybridized carbons (Fsp3) is 0.133. The highest BCUT2D eigenvalue weighted by molar-refractivity contribution is 8.01. The van der Waals surface area contributed by atoms with Gasteiger partial charge in [-0.15, -0.1) is 11.3 Å². The minimum absolute atomic E-state index is 0.0735. The van der Waals surface area contributed by atoms with Crippen molar-refractivity contribution in [3.05, 3.63) is 48.2 Å². The summed E-state index contributed by atoms with van der Waals surface area (Å²) in [5.41, 5.74) is 2.04. The zero-order valence-corrected chi connectivity index (χ0v) is 13.0. The first kappa shape index (κ1) is 14.0. The second-order valence-electron chi connectivity index (χ2n) is 4.51. The number of carbonyl (C=O) groups excluding carboxylic acids is 1. The molecule has 0 fully saturated rings. The third-order valence-electron chi connectivity index (χ3n) is 2.78. The van der Waals surface area contributed by atoms with Gasteiger partial charge in [-0.1, -0.05) is 30.0 Å².